The Hall–Kier alpha value is -6.20. The third-order valence-electron chi connectivity index (χ3n) is 14.4. The van der Waals surface area contributed by atoms with Crippen LogP contribution in [0.4, 0.5) is 0 Å². The minimum atomic E-state index is -0.317. The molecule has 22 nitrogen and oxygen atoms in total. The highest BCUT2D eigenvalue weighted by molar-refractivity contribution is 8.14. The second kappa shape index (κ2) is 43.7. The summed E-state index contributed by atoms with van der Waals surface area (Å²) >= 11 is 8.96. The summed E-state index contributed by atoms with van der Waals surface area (Å²) in [5, 5.41) is 2.67. The average Bonchev–Trinajstić information content (AvgIpc) is 1.51. The first-order chi connectivity index (χ1) is 48.5. The average molecular weight is 1490 g/mol. The predicted octanol–water partition coefficient (Wildman–Crippen LogP) is 16.9. The lowest BCUT2D eigenvalue weighted by Gasteiger charge is -2.19. The molecule has 28 heteroatoms. The van der Waals surface area contributed by atoms with E-state index in [1.54, 1.807) is 0 Å². The number of nitrogens with zero attached hydrogens (tertiary/aromatic N) is 6. The van der Waals surface area contributed by atoms with E-state index < -0.39 is 0 Å². The molecule has 3 aromatic heterocycles. The third-order valence-corrected chi connectivity index (χ3v) is 21.8. The molecule has 2 aromatic carbocycles. The van der Waals surface area contributed by atoms with Crippen molar-refractivity contribution in [3.05, 3.63) is 47.6 Å². The van der Waals surface area contributed by atoms with Crippen molar-refractivity contribution < 1.29 is 66.7 Å². The molecule has 7 rings (SSSR count). The molecule has 0 spiro atoms. The molecule has 0 aliphatic carbocycles. The molecular formula is C72H98N8O14S6. The number of esters is 6. The summed E-state index contributed by atoms with van der Waals surface area (Å²) in [7, 11) is 0. The number of benzene rings is 2. The quantitative estimate of drug-likeness (QED) is 0.0158. The second-order valence-electron chi connectivity index (χ2n) is 23.9. The summed E-state index contributed by atoms with van der Waals surface area (Å²) in [5.74, 6) is 3.33. The summed E-state index contributed by atoms with van der Waals surface area (Å²) in [6, 6.07) is 7.91. The normalized spacial score (nSPS) is 12.3. The van der Waals surface area contributed by atoms with Crippen LogP contribution in [0.2, 0.25) is 0 Å². The van der Waals surface area contributed by atoms with Gasteiger partial charge in [-0.2, -0.15) is 0 Å². The van der Waals surface area contributed by atoms with Crippen molar-refractivity contribution in [1.82, 2.24) is 39.9 Å². The number of aromatic nitrogens is 8. The van der Waals surface area contributed by atoms with Gasteiger partial charge in [0.05, 0.1) is 92.0 Å². The highest BCUT2D eigenvalue weighted by Crippen LogP contribution is 2.50. The van der Waals surface area contributed by atoms with E-state index in [0.29, 0.717) is 249 Å². The van der Waals surface area contributed by atoms with Crippen LogP contribution in [-0.2, 0) is 57.2 Å². The van der Waals surface area contributed by atoms with Crippen LogP contribution in [0.5, 0.6) is 11.5 Å². The van der Waals surface area contributed by atoms with Crippen LogP contribution in [0, 0.1) is 0 Å². The number of ether oxygens (including phenoxy) is 8. The van der Waals surface area contributed by atoms with E-state index >= 15 is 0 Å². The predicted molar refractivity (Wildman–Crippen MR) is 407 cm³/mol. The highest BCUT2D eigenvalue weighted by Gasteiger charge is 2.31. The van der Waals surface area contributed by atoms with Crippen molar-refractivity contribution in [2.24, 2.45) is 0 Å². The van der Waals surface area contributed by atoms with Crippen LogP contribution in [0.15, 0.2) is 34.1 Å². The number of nitrogens with one attached hydrogen (secondary N) is 2. The number of aromatic amines is 2. The molecule has 2 N–H and O–H groups in total. The Morgan fingerprint density at radius 2 is 0.590 bits per heavy atom. The topological polar surface area (TPSA) is 285 Å². The third kappa shape index (κ3) is 24.8. The molecule has 0 atom stereocenters. The maximum atomic E-state index is 13.0. The van der Waals surface area contributed by atoms with Crippen molar-refractivity contribution in [1.29, 1.82) is 0 Å². The Balaban J connectivity index is 1.64. The lowest BCUT2D eigenvalue weighted by atomic mass is 10.0. The molecule has 8 bridgehead atoms. The van der Waals surface area contributed by atoms with Gasteiger partial charge in [-0.3, -0.25) is 28.8 Å². The Morgan fingerprint density at radius 1 is 0.350 bits per heavy atom. The van der Waals surface area contributed by atoms with E-state index in [1.807, 2.05) is 93.5 Å². The Kier molecular flexibility index (Phi) is 35.4. The first-order valence-corrected chi connectivity index (χ1v) is 41.1. The molecule has 0 saturated carbocycles. The molecule has 0 fully saturated rings. The van der Waals surface area contributed by atoms with Crippen LogP contribution in [0.1, 0.15) is 208 Å². The van der Waals surface area contributed by atoms with Crippen LogP contribution in [-0.4, -0.2) is 162 Å². The minimum Gasteiger partial charge on any atom is -0.490 e. The Bertz CT molecular complexity index is 3580. The zero-order chi connectivity index (χ0) is 71.8. The second-order valence-corrected chi connectivity index (χ2v) is 30.5. The molecule has 5 heterocycles. The van der Waals surface area contributed by atoms with Gasteiger partial charge in [0.2, 0.25) is 0 Å². The number of H-pyrrole nitrogens is 2. The van der Waals surface area contributed by atoms with Crippen LogP contribution in [0.25, 0.3) is 63.8 Å². The first kappa shape index (κ1) is 81.1. The van der Waals surface area contributed by atoms with Crippen LogP contribution < -0.4 is 9.47 Å². The molecular weight excluding hydrogens is 1390 g/mol. The van der Waals surface area contributed by atoms with Gasteiger partial charge in [0.25, 0.3) is 0 Å². The number of carbonyl (C=O) groups excluding carboxylic acids is 6. The summed E-state index contributed by atoms with van der Waals surface area (Å²) < 4.78 is 46.9. The molecule has 2 aliphatic heterocycles. The SMILES string of the molecule is CCCOC(=O)CCCSC1=C(SCCCC(=O)OCCC)c2nc1nc1[nH]c(nc3nc(nc4[nH]c(n2)c2c(OC(C)C)c5ccccc5c(OC(C)C)c42)C(SCCCC(=O)OCCC)=C3SCCCC(=O)OCCC)c(SCCCC(=O)OCCC)c1SCCCC(=O)OCCC. The summed E-state index contributed by atoms with van der Waals surface area (Å²) in [6.45, 7) is 21.5. The van der Waals surface area contributed by atoms with Gasteiger partial charge < -0.3 is 47.9 Å². The molecule has 0 saturated heterocycles. The summed E-state index contributed by atoms with van der Waals surface area (Å²) in [5.41, 5.74) is 1.49. The monoisotopic (exact) mass is 1490 g/mol. The molecule has 0 amide bonds. The summed E-state index contributed by atoms with van der Waals surface area (Å²) in [6.07, 6.45) is 7.46. The maximum absolute atomic E-state index is 13.0. The van der Waals surface area contributed by atoms with E-state index in [1.165, 1.54) is 70.6 Å². The van der Waals surface area contributed by atoms with E-state index in [0.717, 1.165) is 10.8 Å². The van der Waals surface area contributed by atoms with Gasteiger partial charge in [-0.25, -0.2) is 29.9 Å². The fraction of sp³-hybridized carbons (Fsp3) is 0.583. The Labute approximate surface area is 612 Å². The maximum Gasteiger partial charge on any atom is 0.305 e. The number of hydrogen-bond donors (Lipinski definition) is 2. The van der Waals surface area contributed by atoms with Crippen LogP contribution in [0.3, 0.4) is 0 Å². The molecule has 546 valence electrons. The van der Waals surface area contributed by atoms with Gasteiger partial charge in [-0.15, -0.1) is 70.6 Å². The molecule has 2 aliphatic rings. The zero-order valence-corrected chi connectivity index (χ0v) is 64.4. The van der Waals surface area contributed by atoms with Crippen molar-refractivity contribution in [3.63, 3.8) is 0 Å². The minimum absolute atomic E-state index is 0.184. The fourth-order valence-electron chi connectivity index (χ4n) is 9.94. The lowest BCUT2D eigenvalue weighted by Crippen LogP contribution is -2.09. The van der Waals surface area contributed by atoms with Gasteiger partial charge in [-0.05, 0) is 139 Å². The van der Waals surface area contributed by atoms with E-state index in [2.05, 4.69) is 9.97 Å². The van der Waals surface area contributed by atoms with Crippen molar-refractivity contribution >= 4 is 170 Å². The number of fused-ring (bicyclic) bond motifs is 12. The van der Waals surface area contributed by atoms with Crippen LogP contribution >= 0.6 is 70.6 Å². The molecule has 0 unspecified atom stereocenters. The zero-order valence-electron chi connectivity index (χ0n) is 59.5. The van der Waals surface area contributed by atoms with E-state index in [-0.39, 0.29) is 86.5 Å². The van der Waals surface area contributed by atoms with Crippen molar-refractivity contribution in [2.75, 3.05) is 74.2 Å². The number of rotatable bonds is 46. The summed E-state index contributed by atoms with van der Waals surface area (Å²) in [4.78, 5) is 123. The first-order valence-electron chi connectivity index (χ1n) is 35.2. The molecule has 0 radical (unpaired) electrons. The Morgan fingerprint density at radius 3 is 0.840 bits per heavy atom. The van der Waals surface area contributed by atoms with Gasteiger partial charge in [-0.1, -0.05) is 65.8 Å². The van der Waals surface area contributed by atoms with Gasteiger partial charge in [0, 0.05) is 49.3 Å². The van der Waals surface area contributed by atoms with Gasteiger partial charge in [0.1, 0.15) is 34.1 Å². The number of thioether (sulfide) groups is 6. The fourth-order valence-corrected chi connectivity index (χ4v) is 16.7. The van der Waals surface area contributed by atoms with Crippen molar-refractivity contribution in [3.8, 4) is 11.5 Å². The van der Waals surface area contributed by atoms with E-state index in [9.17, 15) is 28.8 Å². The highest BCUT2D eigenvalue weighted by atomic mass is 32.2. The smallest absolute Gasteiger partial charge is 0.305 e. The molecule has 5 aromatic rings. The lowest BCUT2D eigenvalue weighted by molar-refractivity contribution is -0.144. The number of carbonyl (C=O) groups is 6. The van der Waals surface area contributed by atoms with Gasteiger partial charge >= 0.3 is 35.8 Å². The van der Waals surface area contributed by atoms with Gasteiger partial charge in [0.15, 0.2) is 23.3 Å². The van der Waals surface area contributed by atoms with E-state index in [4.69, 9.17) is 67.8 Å². The largest absolute Gasteiger partial charge is 0.490 e. The number of hydrogen-bond acceptors (Lipinski definition) is 26. The molecule has 100 heavy (non-hydrogen) atoms. The van der Waals surface area contributed by atoms with Crippen molar-refractivity contribution in [2.45, 2.75) is 207 Å². The standard InChI is InChI=1S/C72H98N8O14S6/c1-11-33-87-49(81)27-19-39-95-59-61(97-41-21-29-51(83)89-35-13-3)69-76-67(59)74-65-55-56(58(94-46(9)10)48-26-18-17-25-47(48)57(55)93-45(7)8)66(73-65)75-68-60(96-40-20-28-50(82)88-34-12-2)62(98-42-22-30-52(84)90-36-14-4)70(77-68)79-72-64(100-44-24-32-54(86)92-38-16-6)63(71(78-69)80-72)99-43-23-31-53(85)91-37-15-5/h17-18,25-26,45-46H,11-16,19-24,27-44H2,1-10H3,(H2,73,74,75,76,77,78,79,80).